The van der Waals surface area contributed by atoms with Crippen molar-refractivity contribution in [3.05, 3.63) is 40.8 Å². The molecule has 0 fully saturated rings. The van der Waals surface area contributed by atoms with E-state index in [9.17, 15) is 0 Å². The molecule has 0 aliphatic carbocycles. The fraction of sp³-hybridized carbons (Fsp3) is 0.250. The number of hydrogen-bond acceptors (Lipinski definition) is 1. The van der Waals surface area contributed by atoms with E-state index in [2.05, 4.69) is 51.9 Å². The summed E-state index contributed by atoms with van der Waals surface area (Å²) in [5.41, 5.74) is 3.38. The predicted octanol–water partition coefficient (Wildman–Crippen LogP) is 3.96. The molecule has 1 heterocycles. The first-order valence-electron chi connectivity index (χ1n) is 4.97. The lowest BCUT2D eigenvalue weighted by Crippen LogP contribution is -1.91. The molecular formula is C12H13BrN2. The Morgan fingerprint density at radius 3 is 2.80 bits per heavy atom. The Morgan fingerprint density at radius 1 is 1.33 bits per heavy atom. The van der Waals surface area contributed by atoms with E-state index in [4.69, 9.17) is 0 Å². The summed E-state index contributed by atoms with van der Waals surface area (Å²) in [6, 6.07) is 8.21. The first-order valence-corrected chi connectivity index (χ1v) is 5.77. The Labute approximate surface area is 97.9 Å². The topological polar surface area (TPSA) is 28.7 Å². The first kappa shape index (κ1) is 10.4. The van der Waals surface area contributed by atoms with Crippen molar-refractivity contribution in [3.63, 3.8) is 0 Å². The number of imidazole rings is 1. The molecule has 3 heteroatoms. The van der Waals surface area contributed by atoms with Gasteiger partial charge in [0.05, 0.1) is 12.0 Å². The quantitative estimate of drug-likeness (QED) is 0.874. The van der Waals surface area contributed by atoms with Crippen molar-refractivity contribution < 1.29 is 0 Å². The second-order valence-electron chi connectivity index (χ2n) is 3.83. The smallest absolute Gasteiger partial charge is 0.0929 e. The maximum absolute atomic E-state index is 4.37. The van der Waals surface area contributed by atoms with Gasteiger partial charge in [0, 0.05) is 15.7 Å². The number of aromatic nitrogens is 2. The molecular weight excluding hydrogens is 252 g/mol. The van der Waals surface area contributed by atoms with Crippen molar-refractivity contribution >= 4 is 15.9 Å². The zero-order valence-electron chi connectivity index (χ0n) is 8.79. The molecule has 0 saturated carbocycles. The molecule has 2 rings (SSSR count). The van der Waals surface area contributed by atoms with E-state index < -0.39 is 0 Å². The highest BCUT2D eigenvalue weighted by Gasteiger charge is 2.10. The molecule has 0 bridgehead atoms. The molecule has 0 amide bonds. The summed E-state index contributed by atoms with van der Waals surface area (Å²) < 4.78 is 1.08. The maximum Gasteiger partial charge on any atom is 0.0929 e. The minimum absolute atomic E-state index is 0.460. The van der Waals surface area contributed by atoms with Gasteiger partial charge < -0.3 is 4.98 Å². The summed E-state index contributed by atoms with van der Waals surface area (Å²) in [6.07, 6.45) is 1.76. The largest absolute Gasteiger partial charge is 0.348 e. The molecule has 1 aromatic heterocycles. The Balaban J connectivity index is 2.49. The van der Waals surface area contributed by atoms with E-state index in [0.717, 1.165) is 15.7 Å². The molecule has 0 atom stereocenters. The number of halogens is 1. The minimum atomic E-state index is 0.460. The Kier molecular flexibility index (Phi) is 2.91. The number of aromatic amines is 1. The van der Waals surface area contributed by atoms with E-state index in [1.807, 2.05) is 12.1 Å². The number of hydrogen-bond donors (Lipinski definition) is 1. The fourth-order valence-electron chi connectivity index (χ4n) is 1.61. The molecule has 0 unspecified atom stereocenters. The molecule has 2 nitrogen and oxygen atoms in total. The van der Waals surface area contributed by atoms with Crippen LogP contribution >= 0.6 is 15.9 Å². The summed E-state index contributed by atoms with van der Waals surface area (Å²) in [7, 11) is 0. The normalized spacial score (nSPS) is 10.9. The predicted molar refractivity (Wildman–Crippen MR) is 65.8 cm³/mol. The van der Waals surface area contributed by atoms with Gasteiger partial charge in [-0.05, 0) is 18.1 Å². The molecule has 1 aromatic carbocycles. The first-order chi connectivity index (χ1) is 7.18. The highest BCUT2D eigenvalue weighted by atomic mass is 79.9. The minimum Gasteiger partial charge on any atom is -0.348 e. The maximum atomic E-state index is 4.37. The van der Waals surface area contributed by atoms with Gasteiger partial charge in [-0.1, -0.05) is 41.9 Å². The molecule has 0 aliphatic rings. The average molecular weight is 265 g/mol. The van der Waals surface area contributed by atoms with Gasteiger partial charge in [0.2, 0.25) is 0 Å². The summed E-state index contributed by atoms with van der Waals surface area (Å²) in [4.78, 5) is 7.57. The van der Waals surface area contributed by atoms with Crippen LogP contribution in [-0.2, 0) is 0 Å². The lowest BCUT2D eigenvalue weighted by atomic mass is 10.0. The van der Waals surface area contributed by atoms with Crippen LogP contribution in [0.25, 0.3) is 11.3 Å². The lowest BCUT2D eigenvalue weighted by Gasteiger charge is -2.06. The number of H-pyrrole nitrogens is 1. The van der Waals surface area contributed by atoms with Gasteiger partial charge in [-0.2, -0.15) is 0 Å². The van der Waals surface area contributed by atoms with Crippen LogP contribution in [-0.4, -0.2) is 9.97 Å². The molecule has 2 aromatic rings. The molecule has 0 saturated heterocycles. The summed E-state index contributed by atoms with van der Waals surface area (Å²) >= 11 is 3.47. The highest BCUT2D eigenvalue weighted by molar-refractivity contribution is 9.10. The molecule has 0 spiro atoms. The zero-order chi connectivity index (χ0) is 10.8. The van der Waals surface area contributed by atoms with E-state index in [1.165, 1.54) is 5.69 Å². The third-order valence-corrected chi connectivity index (χ3v) is 2.84. The summed E-state index contributed by atoms with van der Waals surface area (Å²) in [5, 5.41) is 0. The second kappa shape index (κ2) is 4.19. The van der Waals surface area contributed by atoms with Crippen LogP contribution < -0.4 is 0 Å². The van der Waals surface area contributed by atoms with Crippen LogP contribution in [0.4, 0.5) is 0 Å². The van der Waals surface area contributed by atoms with Gasteiger partial charge in [-0.15, -0.1) is 0 Å². The van der Waals surface area contributed by atoms with E-state index in [-0.39, 0.29) is 0 Å². The van der Waals surface area contributed by atoms with Gasteiger partial charge in [0.1, 0.15) is 0 Å². The van der Waals surface area contributed by atoms with Crippen molar-refractivity contribution in [2.45, 2.75) is 19.8 Å². The van der Waals surface area contributed by atoms with Crippen molar-refractivity contribution in [1.82, 2.24) is 9.97 Å². The van der Waals surface area contributed by atoms with Crippen LogP contribution in [0.5, 0.6) is 0 Å². The molecule has 15 heavy (non-hydrogen) atoms. The van der Waals surface area contributed by atoms with Crippen LogP contribution in [0.1, 0.15) is 25.5 Å². The molecule has 0 radical (unpaired) electrons. The number of nitrogens with one attached hydrogen (secondary N) is 1. The van der Waals surface area contributed by atoms with E-state index in [0.29, 0.717) is 5.92 Å². The second-order valence-corrected chi connectivity index (χ2v) is 4.75. The average Bonchev–Trinajstić information content (AvgIpc) is 2.65. The third-order valence-electron chi connectivity index (χ3n) is 2.34. The van der Waals surface area contributed by atoms with Crippen molar-refractivity contribution in [2.24, 2.45) is 0 Å². The van der Waals surface area contributed by atoms with Crippen molar-refractivity contribution in [2.75, 3.05) is 0 Å². The van der Waals surface area contributed by atoms with Crippen LogP contribution in [0, 0.1) is 0 Å². The number of rotatable bonds is 2. The Hall–Kier alpha value is -1.09. The number of benzene rings is 1. The van der Waals surface area contributed by atoms with Gasteiger partial charge in [-0.3, -0.25) is 0 Å². The monoisotopic (exact) mass is 264 g/mol. The van der Waals surface area contributed by atoms with E-state index in [1.54, 1.807) is 6.33 Å². The molecule has 78 valence electrons. The molecule has 0 aliphatic heterocycles. The summed E-state index contributed by atoms with van der Waals surface area (Å²) in [5.74, 6) is 0.460. The fourth-order valence-corrected chi connectivity index (χ4v) is 2.01. The molecule has 1 N–H and O–H groups in total. The van der Waals surface area contributed by atoms with Gasteiger partial charge >= 0.3 is 0 Å². The summed E-state index contributed by atoms with van der Waals surface area (Å²) in [6.45, 7) is 4.32. The van der Waals surface area contributed by atoms with Gasteiger partial charge in [0.25, 0.3) is 0 Å². The van der Waals surface area contributed by atoms with Crippen LogP contribution in [0.2, 0.25) is 0 Å². The van der Waals surface area contributed by atoms with Crippen LogP contribution in [0.3, 0.4) is 0 Å². The zero-order valence-corrected chi connectivity index (χ0v) is 10.4. The SMILES string of the molecule is CC(C)c1[nH]cnc1-c1cccc(Br)c1. The Bertz CT molecular complexity index is 460. The van der Waals surface area contributed by atoms with Crippen LogP contribution in [0.15, 0.2) is 35.1 Å². The standard InChI is InChI=1S/C12H13BrN2/c1-8(2)11-12(15-7-14-11)9-4-3-5-10(13)6-9/h3-8H,1-2H3,(H,14,15). The highest BCUT2D eigenvalue weighted by Crippen LogP contribution is 2.27. The van der Waals surface area contributed by atoms with Crippen molar-refractivity contribution in [3.8, 4) is 11.3 Å². The Morgan fingerprint density at radius 2 is 2.13 bits per heavy atom. The lowest BCUT2D eigenvalue weighted by molar-refractivity contribution is 0.835. The number of nitrogens with zero attached hydrogens (tertiary/aromatic N) is 1. The van der Waals surface area contributed by atoms with Gasteiger partial charge in [-0.25, -0.2) is 4.98 Å². The van der Waals surface area contributed by atoms with Crippen molar-refractivity contribution in [1.29, 1.82) is 0 Å². The van der Waals surface area contributed by atoms with E-state index >= 15 is 0 Å². The van der Waals surface area contributed by atoms with Gasteiger partial charge in [0.15, 0.2) is 0 Å². The third kappa shape index (κ3) is 2.12.